The second kappa shape index (κ2) is 7.40. The highest BCUT2D eigenvalue weighted by Gasteiger charge is 2.32. The van der Waals surface area contributed by atoms with Crippen LogP contribution in [0.2, 0.25) is 0 Å². The summed E-state index contributed by atoms with van der Waals surface area (Å²) in [6.45, 7) is 1.43. The summed E-state index contributed by atoms with van der Waals surface area (Å²) in [5, 5.41) is 0. The lowest BCUT2D eigenvalue weighted by atomic mass is 9.88. The first-order chi connectivity index (χ1) is 12.7. The van der Waals surface area contributed by atoms with Crippen molar-refractivity contribution in [3.05, 3.63) is 46.6 Å². The van der Waals surface area contributed by atoms with E-state index in [2.05, 4.69) is 15.0 Å². The maximum atomic E-state index is 12.8. The molecule has 0 radical (unpaired) electrons. The molecule has 2 aliphatic rings. The van der Waals surface area contributed by atoms with E-state index in [0.717, 1.165) is 49.9 Å². The summed E-state index contributed by atoms with van der Waals surface area (Å²) in [6, 6.07) is 5.27. The molecule has 136 valence electrons. The van der Waals surface area contributed by atoms with Crippen LogP contribution in [0.4, 0.5) is 0 Å². The van der Waals surface area contributed by atoms with Crippen LogP contribution < -0.4 is 5.56 Å². The van der Waals surface area contributed by atoms with Crippen molar-refractivity contribution in [3.8, 4) is 11.4 Å². The number of carbonyl (C=O) groups excluding carboxylic acids is 1. The van der Waals surface area contributed by atoms with E-state index < -0.39 is 0 Å². The van der Waals surface area contributed by atoms with Crippen LogP contribution in [0.3, 0.4) is 0 Å². The van der Waals surface area contributed by atoms with Gasteiger partial charge in [-0.05, 0) is 31.4 Å². The third kappa shape index (κ3) is 3.54. The molecule has 1 amide bonds. The summed E-state index contributed by atoms with van der Waals surface area (Å²) in [5.41, 5.74) is 1.40. The fourth-order valence-corrected chi connectivity index (χ4v) is 4.13. The minimum absolute atomic E-state index is 0.125. The van der Waals surface area contributed by atoms with Crippen molar-refractivity contribution in [3.63, 3.8) is 0 Å². The monoisotopic (exact) mass is 352 g/mol. The average Bonchev–Trinajstić information content (AvgIpc) is 3.18. The van der Waals surface area contributed by atoms with Gasteiger partial charge in [0.2, 0.25) is 5.91 Å². The highest BCUT2D eigenvalue weighted by atomic mass is 16.2. The lowest BCUT2D eigenvalue weighted by Gasteiger charge is -2.26. The molecule has 1 N–H and O–H groups in total. The molecule has 3 heterocycles. The standard InChI is InChI=1S/C20H24N4O2/c25-18-11-17(22-19(23-18)15-7-4-9-21-12-15)16-8-10-24(13-16)20(26)14-5-2-1-3-6-14/h4,7,9,11-12,14,16H,1-3,5-6,8,10,13H2,(H,22,23,25)/t16-/m1/s1. The van der Waals surface area contributed by atoms with E-state index in [9.17, 15) is 9.59 Å². The molecule has 2 aromatic heterocycles. The summed E-state index contributed by atoms with van der Waals surface area (Å²) < 4.78 is 0. The fraction of sp³-hybridized carbons (Fsp3) is 0.500. The molecule has 6 nitrogen and oxygen atoms in total. The number of H-pyrrole nitrogens is 1. The molecule has 0 spiro atoms. The Morgan fingerprint density at radius 3 is 2.81 bits per heavy atom. The van der Waals surface area contributed by atoms with E-state index in [0.29, 0.717) is 18.3 Å². The number of carbonyl (C=O) groups is 1. The third-order valence-corrected chi connectivity index (χ3v) is 5.57. The van der Waals surface area contributed by atoms with Crippen molar-refractivity contribution < 1.29 is 4.79 Å². The minimum Gasteiger partial charge on any atom is -0.342 e. The number of nitrogens with one attached hydrogen (secondary N) is 1. The van der Waals surface area contributed by atoms with Crippen LogP contribution in [0.15, 0.2) is 35.4 Å². The van der Waals surface area contributed by atoms with Gasteiger partial charge in [-0.25, -0.2) is 4.98 Å². The molecule has 1 atom stereocenters. The number of aromatic nitrogens is 3. The Labute approximate surface area is 152 Å². The van der Waals surface area contributed by atoms with E-state index >= 15 is 0 Å². The predicted octanol–water partition coefficient (Wildman–Crippen LogP) is 2.73. The topological polar surface area (TPSA) is 79.0 Å². The molecule has 0 bridgehead atoms. The molecular formula is C20H24N4O2. The van der Waals surface area contributed by atoms with Gasteiger partial charge in [0.25, 0.3) is 5.56 Å². The molecule has 0 aromatic carbocycles. The van der Waals surface area contributed by atoms with Crippen LogP contribution in [-0.4, -0.2) is 38.8 Å². The average molecular weight is 352 g/mol. The zero-order chi connectivity index (χ0) is 17.9. The second-order valence-corrected chi connectivity index (χ2v) is 7.37. The Balaban J connectivity index is 1.51. The molecule has 26 heavy (non-hydrogen) atoms. The van der Waals surface area contributed by atoms with Crippen molar-refractivity contribution in [1.82, 2.24) is 19.9 Å². The Hall–Kier alpha value is -2.50. The molecule has 1 saturated carbocycles. The smallest absolute Gasteiger partial charge is 0.251 e. The highest BCUT2D eigenvalue weighted by Crippen LogP contribution is 2.31. The number of hydrogen-bond donors (Lipinski definition) is 1. The van der Waals surface area contributed by atoms with Crippen LogP contribution in [0.25, 0.3) is 11.4 Å². The van der Waals surface area contributed by atoms with Gasteiger partial charge in [-0.3, -0.25) is 14.6 Å². The molecule has 1 saturated heterocycles. The van der Waals surface area contributed by atoms with E-state index in [4.69, 9.17) is 0 Å². The van der Waals surface area contributed by atoms with Gasteiger partial charge in [-0.1, -0.05) is 19.3 Å². The van der Waals surface area contributed by atoms with E-state index in [-0.39, 0.29) is 17.4 Å². The van der Waals surface area contributed by atoms with Gasteiger partial charge < -0.3 is 9.88 Å². The predicted molar refractivity (Wildman–Crippen MR) is 98.6 cm³/mol. The second-order valence-electron chi connectivity index (χ2n) is 7.37. The van der Waals surface area contributed by atoms with Crippen LogP contribution in [0.1, 0.15) is 50.1 Å². The number of pyridine rings is 1. The van der Waals surface area contributed by atoms with Gasteiger partial charge >= 0.3 is 0 Å². The van der Waals surface area contributed by atoms with Gasteiger partial charge in [0, 0.05) is 48.9 Å². The lowest BCUT2D eigenvalue weighted by molar-refractivity contribution is -0.135. The van der Waals surface area contributed by atoms with Crippen molar-refractivity contribution in [1.29, 1.82) is 0 Å². The van der Waals surface area contributed by atoms with Crippen molar-refractivity contribution in [2.45, 2.75) is 44.4 Å². The molecule has 1 aliphatic carbocycles. The van der Waals surface area contributed by atoms with Gasteiger partial charge in [0.05, 0.1) is 5.69 Å². The van der Waals surface area contributed by atoms with Gasteiger partial charge in [-0.2, -0.15) is 0 Å². The Morgan fingerprint density at radius 2 is 2.04 bits per heavy atom. The lowest BCUT2D eigenvalue weighted by Crippen LogP contribution is -2.35. The Morgan fingerprint density at radius 1 is 1.19 bits per heavy atom. The summed E-state index contributed by atoms with van der Waals surface area (Å²) >= 11 is 0. The number of amides is 1. The van der Waals surface area contributed by atoms with E-state index in [1.807, 2.05) is 17.0 Å². The molecule has 2 aromatic rings. The van der Waals surface area contributed by atoms with E-state index in [1.54, 1.807) is 18.5 Å². The van der Waals surface area contributed by atoms with Gasteiger partial charge in [0.15, 0.2) is 0 Å². The Bertz CT molecular complexity index is 827. The highest BCUT2D eigenvalue weighted by molar-refractivity contribution is 5.79. The molecule has 2 fully saturated rings. The maximum Gasteiger partial charge on any atom is 0.251 e. The first-order valence-electron chi connectivity index (χ1n) is 9.51. The summed E-state index contributed by atoms with van der Waals surface area (Å²) in [4.78, 5) is 38.4. The van der Waals surface area contributed by atoms with Gasteiger partial charge in [-0.15, -0.1) is 0 Å². The zero-order valence-corrected chi connectivity index (χ0v) is 14.9. The van der Waals surface area contributed by atoms with E-state index in [1.165, 1.54) is 6.42 Å². The number of rotatable bonds is 3. The SMILES string of the molecule is O=C(C1CCCCC1)N1CC[C@@H](c2cc(=O)[nH]c(-c3cccnc3)n2)C1. The number of nitrogens with zero attached hydrogens (tertiary/aromatic N) is 3. The van der Waals surface area contributed by atoms with Crippen molar-refractivity contribution >= 4 is 5.91 Å². The normalized spacial score (nSPS) is 21.1. The fourth-order valence-electron chi connectivity index (χ4n) is 4.13. The number of likely N-dealkylation sites (tertiary alicyclic amines) is 1. The number of aromatic amines is 1. The molecular weight excluding hydrogens is 328 g/mol. The van der Waals surface area contributed by atoms with Crippen molar-refractivity contribution in [2.24, 2.45) is 5.92 Å². The largest absolute Gasteiger partial charge is 0.342 e. The minimum atomic E-state index is -0.161. The van der Waals surface area contributed by atoms with Crippen LogP contribution in [0.5, 0.6) is 0 Å². The molecule has 0 unspecified atom stereocenters. The quantitative estimate of drug-likeness (QED) is 0.921. The van der Waals surface area contributed by atoms with Gasteiger partial charge in [0.1, 0.15) is 5.82 Å². The first kappa shape index (κ1) is 16.9. The summed E-state index contributed by atoms with van der Waals surface area (Å²) in [7, 11) is 0. The van der Waals surface area contributed by atoms with Crippen molar-refractivity contribution in [2.75, 3.05) is 13.1 Å². The van der Waals surface area contributed by atoms with Crippen LogP contribution in [-0.2, 0) is 4.79 Å². The Kier molecular flexibility index (Phi) is 4.82. The van der Waals surface area contributed by atoms with Crippen LogP contribution >= 0.6 is 0 Å². The molecule has 6 heteroatoms. The van der Waals surface area contributed by atoms with Crippen LogP contribution in [0, 0.1) is 5.92 Å². The summed E-state index contributed by atoms with van der Waals surface area (Å²) in [5.74, 6) is 1.16. The molecule has 1 aliphatic heterocycles. The third-order valence-electron chi connectivity index (χ3n) is 5.57. The number of hydrogen-bond acceptors (Lipinski definition) is 4. The maximum absolute atomic E-state index is 12.8. The summed E-state index contributed by atoms with van der Waals surface area (Å²) in [6.07, 6.45) is 9.87. The zero-order valence-electron chi connectivity index (χ0n) is 14.9. The molecule has 4 rings (SSSR count). The first-order valence-corrected chi connectivity index (χ1v) is 9.51.